The number of hydrogen-bond acceptors (Lipinski definition) is 3. The van der Waals surface area contributed by atoms with E-state index in [1.165, 1.54) is 0 Å². The predicted octanol–water partition coefficient (Wildman–Crippen LogP) is 1.65. The van der Waals surface area contributed by atoms with Gasteiger partial charge in [-0.25, -0.2) is 8.78 Å². The lowest BCUT2D eigenvalue weighted by atomic mass is 10.1. The molecule has 4 nitrogen and oxygen atoms in total. The van der Waals surface area contributed by atoms with Crippen molar-refractivity contribution in [3.8, 4) is 0 Å². The summed E-state index contributed by atoms with van der Waals surface area (Å²) in [6.45, 7) is 1.32. The largest absolute Gasteiger partial charge is 0.356 e. The van der Waals surface area contributed by atoms with Crippen molar-refractivity contribution in [2.45, 2.75) is 19.3 Å². The molecule has 0 saturated carbocycles. The number of hydrogen-bond donors (Lipinski definition) is 2. The molecule has 110 valence electrons. The van der Waals surface area contributed by atoms with Gasteiger partial charge in [-0.1, -0.05) is 0 Å². The van der Waals surface area contributed by atoms with Crippen molar-refractivity contribution in [3.63, 3.8) is 0 Å². The Kier molecular flexibility index (Phi) is 6.79. The van der Waals surface area contributed by atoms with Crippen LogP contribution < -0.4 is 10.6 Å². The molecule has 0 heterocycles. The molecule has 20 heavy (non-hydrogen) atoms. The lowest BCUT2D eigenvalue weighted by molar-refractivity contribution is -0.121. The van der Waals surface area contributed by atoms with Crippen LogP contribution in [0.2, 0.25) is 0 Å². The quantitative estimate of drug-likeness (QED) is 0.564. The van der Waals surface area contributed by atoms with Crippen LogP contribution in [0.1, 0.15) is 29.6 Å². The van der Waals surface area contributed by atoms with Crippen molar-refractivity contribution in [1.29, 1.82) is 0 Å². The maximum Gasteiger partial charge on any atom is 0.220 e. The van der Waals surface area contributed by atoms with Crippen LogP contribution in [0.15, 0.2) is 18.2 Å². The molecule has 0 fully saturated rings. The lowest BCUT2D eigenvalue weighted by Crippen LogP contribution is -2.26. The summed E-state index contributed by atoms with van der Waals surface area (Å²) >= 11 is 0. The van der Waals surface area contributed by atoms with E-state index in [0.29, 0.717) is 12.6 Å². The molecule has 0 aliphatic rings. The summed E-state index contributed by atoms with van der Waals surface area (Å²) in [6.07, 6.45) is 0.693. The monoisotopic (exact) mass is 284 g/mol. The summed E-state index contributed by atoms with van der Waals surface area (Å²) in [5, 5.41) is 5.61. The summed E-state index contributed by atoms with van der Waals surface area (Å²) in [5.74, 6) is -2.39. The van der Waals surface area contributed by atoms with Gasteiger partial charge in [0.25, 0.3) is 0 Å². The van der Waals surface area contributed by atoms with Gasteiger partial charge in [0.1, 0.15) is 11.6 Å². The van der Waals surface area contributed by atoms with Crippen LogP contribution in [0.3, 0.4) is 0 Å². The molecule has 0 aromatic heterocycles. The minimum Gasteiger partial charge on any atom is -0.356 e. The maximum atomic E-state index is 13.3. The number of benzene rings is 1. The van der Waals surface area contributed by atoms with Gasteiger partial charge in [-0.05, 0) is 32.1 Å². The van der Waals surface area contributed by atoms with Gasteiger partial charge in [-0.3, -0.25) is 9.59 Å². The first kappa shape index (κ1) is 16.2. The van der Waals surface area contributed by atoms with Gasteiger partial charge in [0.15, 0.2) is 5.78 Å². The third kappa shape index (κ3) is 5.44. The van der Waals surface area contributed by atoms with Crippen molar-refractivity contribution in [2.75, 3.05) is 20.1 Å². The SMILES string of the molecule is CNCCCNC(=O)CCC(=O)c1ccc(F)cc1F. The number of rotatable bonds is 8. The molecular formula is C14H18F2N2O2. The van der Waals surface area contributed by atoms with Gasteiger partial charge >= 0.3 is 0 Å². The van der Waals surface area contributed by atoms with Gasteiger partial charge in [0, 0.05) is 25.5 Å². The van der Waals surface area contributed by atoms with Crippen LogP contribution in [0.5, 0.6) is 0 Å². The van der Waals surface area contributed by atoms with E-state index < -0.39 is 17.4 Å². The fourth-order valence-electron chi connectivity index (χ4n) is 1.66. The minimum atomic E-state index is -0.899. The number of nitrogens with one attached hydrogen (secondary N) is 2. The Balaban J connectivity index is 2.37. The maximum absolute atomic E-state index is 13.3. The summed E-state index contributed by atoms with van der Waals surface area (Å²) < 4.78 is 26.1. The second kappa shape index (κ2) is 8.37. The third-order valence-corrected chi connectivity index (χ3v) is 2.74. The summed E-state index contributed by atoms with van der Waals surface area (Å²) in [6, 6.07) is 2.77. The van der Waals surface area contributed by atoms with Gasteiger partial charge in [0.05, 0.1) is 5.56 Å². The zero-order valence-electron chi connectivity index (χ0n) is 11.3. The van der Waals surface area contributed by atoms with E-state index in [0.717, 1.165) is 25.1 Å². The second-order valence-electron chi connectivity index (χ2n) is 4.35. The molecule has 0 spiro atoms. The molecule has 2 N–H and O–H groups in total. The number of carbonyl (C=O) groups excluding carboxylic acids is 2. The van der Waals surface area contributed by atoms with Crippen LogP contribution in [0.4, 0.5) is 8.78 Å². The Bertz CT molecular complexity index is 478. The molecule has 0 saturated heterocycles. The number of ketones is 1. The van der Waals surface area contributed by atoms with E-state index in [1.807, 2.05) is 7.05 Å². The Morgan fingerprint density at radius 2 is 1.90 bits per heavy atom. The van der Waals surface area contributed by atoms with Crippen LogP contribution in [-0.2, 0) is 4.79 Å². The number of halogens is 2. The molecule has 6 heteroatoms. The van der Waals surface area contributed by atoms with Gasteiger partial charge in [-0.2, -0.15) is 0 Å². The number of amides is 1. The topological polar surface area (TPSA) is 58.2 Å². The summed E-state index contributed by atoms with van der Waals surface area (Å²) in [4.78, 5) is 23.1. The highest BCUT2D eigenvalue weighted by atomic mass is 19.1. The fraction of sp³-hybridized carbons (Fsp3) is 0.429. The van der Waals surface area contributed by atoms with Crippen LogP contribution in [-0.4, -0.2) is 31.8 Å². The average molecular weight is 284 g/mol. The van der Waals surface area contributed by atoms with Crippen molar-refractivity contribution in [1.82, 2.24) is 10.6 Å². The number of carbonyl (C=O) groups is 2. The molecule has 1 amide bonds. The van der Waals surface area contributed by atoms with Gasteiger partial charge < -0.3 is 10.6 Å². The highest BCUT2D eigenvalue weighted by Crippen LogP contribution is 2.12. The second-order valence-corrected chi connectivity index (χ2v) is 4.35. The van der Waals surface area contributed by atoms with E-state index in [4.69, 9.17) is 0 Å². The predicted molar refractivity (Wildman–Crippen MR) is 71.5 cm³/mol. The molecule has 0 bridgehead atoms. The van der Waals surface area contributed by atoms with Crippen molar-refractivity contribution < 1.29 is 18.4 Å². The Hall–Kier alpha value is -1.82. The first-order valence-electron chi connectivity index (χ1n) is 6.44. The Morgan fingerprint density at radius 3 is 2.55 bits per heavy atom. The summed E-state index contributed by atoms with van der Waals surface area (Å²) in [7, 11) is 1.82. The normalized spacial score (nSPS) is 10.3. The first-order chi connectivity index (χ1) is 9.54. The Labute approximate surface area is 116 Å². The average Bonchev–Trinajstić information content (AvgIpc) is 2.41. The van der Waals surface area contributed by atoms with Crippen molar-refractivity contribution in [3.05, 3.63) is 35.4 Å². The first-order valence-corrected chi connectivity index (χ1v) is 6.44. The standard InChI is InChI=1S/C14H18F2N2O2/c1-17-7-2-8-18-14(20)6-5-13(19)11-4-3-10(15)9-12(11)16/h3-4,9,17H,2,5-8H2,1H3,(H,18,20). The van der Waals surface area contributed by atoms with Crippen LogP contribution >= 0.6 is 0 Å². The molecule has 0 atom stereocenters. The highest BCUT2D eigenvalue weighted by Gasteiger charge is 2.13. The third-order valence-electron chi connectivity index (χ3n) is 2.74. The van der Waals surface area contributed by atoms with E-state index in [9.17, 15) is 18.4 Å². The van der Waals surface area contributed by atoms with E-state index >= 15 is 0 Å². The van der Waals surface area contributed by atoms with Crippen molar-refractivity contribution in [2.24, 2.45) is 0 Å². The van der Waals surface area contributed by atoms with Crippen molar-refractivity contribution >= 4 is 11.7 Å². The molecule has 0 radical (unpaired) electrons. The summed E-state index contributed by atoms with van der Waals surface area (Å²) in [5.41, 5.74) is -0.186. The smallest absolute Gasteiger partial charge is 0.220 e. The van der Waals surface area contributed by atoms with E-state index in [-0.39, 0.29) is 24.3 Å². The molecule has 0 aliphatic heterocycles. The zero-order valence-corrected chi connectivity index (χ0v) is 11.3. The van der Waals surface area contributed by atoms with E-state index in [1.54, 1.807) is 0 Å². The lowest BCUT2D eigenvalue weighted by Gasteiger charge is -2.05. The molecule has 0 aliphatic carbocycles. The molecule has 1 aromatic rings. The van der Waals surface area contributed by atoms with Gasteiger partial charge in [-0.15, -0.1) is 0 Å². The fourth-order valence-corrected chi connectivity index (χ4v) is 1.66. The number of Topliss-reactive ketones (excluding diaryl/α,β-unsaturated/α-hetero) is 1. The zero-order chi connectivity index (χ0) is 15.0. The molecule has 1 aromatic carbocycles. The minimum absolute atomic E-state index is 0.00476. The van der Waals surface area contributed by atoms with Crippen LogP contribution in [0, 0.1) is 11.6 Å². The molecule has 1 rings (SSSR count). The molecular weight excluding hydrogens is 266 g/mol. The van der Waals surface area contributed by atoms with Gasteiger partial charge in [0.2, 0.25) is 5.91 Å². The highest BCUT2D eigenvalue weighted by molar-refractivity contribution is 5.98. The molecule has 0 unspecified atom stereocenters. The van der Waals surface area contributed by atoms with E-state index in [2.05, 4.69) is 10.6 Å². The Morgan fingerprint density at radius 1 is 1.15 bits per heavy atom. The van der Waals surface area contributed by atoms with Crippen LogP contribution in [0.25, 0.3) is 0 Å².